The Kier molecular flexibility index (Phi) is 7.09. The smallest absolute Gasteiger partial charge is 0.221 e. The SMILES string of the molecule is CN=C(NCCc1ccc(NC(C)=O)cc1)NC1CCC(C)CC1. The number of amides is 1. The highest BCUT2D eigenvalue weighted by atomic mass is 16.1. The van der Waals surface area contributed by atoms with E-state index in [-0.39, 0.29) is 5.91 Å². The molecule has 0 atom stereocenters. The average Bonchev–Trinajstić information content (AvgIpc) is 2.57. The van der Waals surface area contributed by atoms with E-state index in [1.54, 1.807) is 0 Å². The molecule has 2 rings (SSSR count). The van der Waals surface area contributed by atoms with Crippen LogP contribution in [0.4, 0.5) is 5.69 Å². The summed E-state index contributed by atoms with van der Waals surface area (Å²) >= 11 is 0. The number of benzene rings is 1. The molecule has 0 aliphatic heterocycles. The van der Waals surface area contributed by atoms with Crippen LogP contribution >= 0.6 is 0 Å². The molecule has 0 aromatic heterocycles. The van der Waals surface area contributed by atoms with E-state index in [1.165, 1.54) is 38.2 Å². The van der Waals surface area contributed by atoms with E-state index < -0.39 is 0 Å². The number of carbonyl (C=O) groups is 1. The van der Waals surface area contributed by atoms with Gasteiger partial charge in [-0.05, 0) is 55.7 Å². The molecule has 1 aromatic rings. The number of anilines is 1. The number of aliphatic imine (C=N–C) groups is 1. The zero-order valence-corrected chi connectivity index (χ0v) is 15.1. The highest BCUT2D eigenvalue weighted by molar-refractivity contribution is 5.88. The summed E-state index contributed by atoms with van der Waals surface area (Å²) in [5.74, 6) is 1.71. The molecule has 3 N–H and O–H groups in total. The van der Waals surface area contributed by atoms with Crippen LogP contribution in [0.1, 0.15) is 45.1 Å². The lowest BCUT2D eigenvalue weighted by Crippen LogP contribution is -2.45. The summed E-state index contributed by atoms with van der Waals surface area (Å²) in [5.41, 5.74) is 2.07. The van der Waals surface area contributed by atoms with Gasteiger partial charge in [-0.3, -0.25) is 9.79 Å². The third kappa shape index (κ3) is 6.22. The van der Waals surface area contributed by atoms with Crippen LogP contribution in [0.5, 0.6) is 0 Å². The maximum Gasteiger partial charge on any atom is 0.221 e. The van der Waals surface area contributed by atoms with Crippen LogP contribution in [0.25, 0.3) is 0 Å². The quantitative estimate of drug-likeness (QED) is 0.574. The normalized spacial score (nSPS) is 21.2. The summed E-state index contributed by atoms with van der Waals surface area (Å²) in [7, 11) is 1.82. The van der Waals surface area contributed by atoms with Crippen LogP contribution in [0.15, 0.2) is 29.3 Å². The molecule has 0 unspecified atom stereocenters. The highest BCUT2D eigenvalue weighted by Gasteiger charge is 2.18. The van der Waals surface area contributed by atoms with Crippen LogP contribution in [-0.4, -0.2) is 31.5 Å². The minimum atomic E-state index is -0.0450. The molecular weight excluding hydrogens is 300 g/mol. The number of hydrogen-bond donors (Lipinski definition) is 3. The van der Waals surface area contributed by atoms with Crippen LogP contribution in [-0.2, 0) is 11.2 Å². The number of hydrogen-bond acceptors (Lipinski definition) is 2. The molecule has 1 saturated carbocycles. The molecule has 0 heterocycles. The van der Waals surface area contributed by atoms with Crippen molar-refractivity contribution in [2.24, 2.45) is 10.9 Å². The number of guanidine groups is 1. The summed E-state index contributed by atoms with van der Waals surface area (Å²) in [6.45, 7) is 4.69. The van der Waals surface area contributed by atoms with Crippen molar-refractivity contribution in [3.63, 3.8) is 0 Å². The number of nitrogens with zero attached hydrogens (tertiary/aromatic N) is 1. The third-order valence-corrected chi connectivity index (χ3v) is 4.56. The molecule has 5 heteroatoms. The predicted octanol–water partition coefficient (Wildman–Crippen LogP) is 2.93. The third-order valence-electron chi connectivity index (χ3n) is 4.56. The lowest BCUT2D eigenvalue weighted by Gasteiger charge is -2.28. The maximum atomic E-state index is 11.0. The Balaban J connectivity index is 1.72. The summed E-state index contributed by atoms with van der Waals surface area (Å²) in [4.78, 5) is 15.3. The largest absolute Gasteiger partial charge is 0.356 e. The first-order chi connectivity index (χ1) is 11.6. The van der Waals surface area contributed by atoms with E-state index in [9.17, 15) is 4.79 Å². The van der Waals surface area contributed by atoms with Gasteiger partial charge in [-0.2, -0.15) is 0 Å². The van der Waals surface area contributed by atoms with Crippen molar-refractivity contribution in [2.45, 2.75) is 52.0 Å². The first-order valence-corrected chi connectivity index (χ1v) is 8.90. The van der Waals surface area contributed by atoms with E-state index in [0.717, 1.165) is 30.5 Å². The van der Waals surface area contributed by atoms with Gasteiger partial charge in [0.2, 0.25) is 5.91 Å². The van der Waals surface area contributed by atoms with E-state index in [1.807, 2.05) is 31.3 Å². The Bertz CT molecular complexity index is 545. The minimum Gasteiger partial charge on any atom is -0.356 e. The van der Waals surface area contributed by atoms with Gasteiger partial charge in [0.05, 0.1) is 0 Å². The van der Waals surface area contributed by atoms with E-state index in [0.29, 0.717) is 6.04 Å². The zero-order chi connectivity index (χ0) is 17.4. The van der Waals surface area contributed by atoms with Crippen LogP contribution in [0, 0.1) is 5.92 Å². The van der Waals surface area contributed by atoms with Crippen molar-refractivity contribution in [3.8, 4) is 0 Å². The van der Waals surface area contributed by atoms with Crippen molar-refractivity contribution in [2.75, 3.05) is 18.9 Å². The number of rotatable bonds is 5. The molecule has 0 saturated heterocycles. The molecule has 1 aliphatic rings. The van der Waals surface area contributed by atoms with Crippen LogP contribution in [0.3, 0.4) is 0 Å². The van der Waals surface area contributed by atoms with E-state index >= 15 is 0 Å². The molecular formula is C19H30N4O. The highest BCUT2D eigenvalue weighted by Crippen LogP contribution is 2.23. The Hall–Kier alpha value is -2.04. The lowest BCUT2D eigenvalue weighted by molar-refractivity contribution is -0.114. The van der Waals surface area contributed by atoms with Gasteiger partial charge in [0.1, 0.15) is 0 Å². The summed E-state index contributed by atoms with van der Waals surface area (Å²) < 4.78 is 0. The molecule has 5 nitrogen and oxygen atoms in total. The predicted molar refractivity (Wildman–Crippen MR) is 100 cm³/mol. The van der Waals surface area contributed by atoms with Gasteiger partial charge in [-0.1, -0.05) is 19.1 Å². The molecule has 1 amide bonds. The summed E-state index contributed by atoms with van der Waals surface area (Å²) in [6.07, 6.45) is 5.98. The fourth-order valence-corrected chi connectivity index (χ4v) is 3.08. The Labute approximate surface area is 145 Å². The van der Waals surface area contributed by atoms with Gasteiger partial charge >= 0.3 is 0 Å². The fraction of sp³-hybridized carbons (Fsp3) is 0.579. The zero-order valence-electron chi connectivity index (χ0n) is 15.1. The Morgan fingerprint density at radius 1 is 1.17 bits per heavy atom. The molecule has 1 aromatic carbocycles. The lowest BCUT2D eigenvalue weighted by atomic mass is 9.87. The second kappa shape index (κ2) is 9.30. The van der Waals surface area contributed by atoms with Crippen molar-refractivity contribution in [1.29, 1.82) is 0 Å². The van der Waals surface area contributed by atoms with Gasteiger partial charge in [0, 0.05) is 32.2 Å². The monoisotopic (exact) mass is 330 g/mol. The first kappa shape index (κ1) is 18.3. The van der Waals surface area contributed by atoms with E-state index in [2.05, 4.69) is 27.9 Å². The van der Waals surface area contributed by atoms with Crippen LogP contribution < -0.4 is 16.0 Å². The summed E-state index contributed by atoms with van der Waals surface area (Å²) in [5, 5.41) is 9.71. The fourth-order valence-electron chi connectivity index (χ4n) is 3.08. The van der Waals surface area contributed by atoms with E-state index in [4.69, 9.17) is 0 Å². The van der Waals surface area contributed by atoms with Crippen LogP contribution in [0.2, 0.25) is 0 Å². The molecule has 1 aliphatic carbocycles. The van der Waals surface area contributed by atoms with Gasteiger partial charge in [0.25, 0.3) is 0 Å². The van der Waals surface area contributed by atoms with Crippen molar-refractivity contribution in [1.82, 2.24) is 10.6 Å². The topological polar surface area (TPSA) is 65.5 Å². The summed E-state index contributed by atoms with van der Waals surface area (Å²) in [6, 6.07) is 8.52. The first-order valence-electron chi connectivity index (χ1n) is 8.90. The molecule has 0 radical (unpaired) electrons. The number of carbonyl (C=O) groups excluding carboxylic acids is 1. The molecule has 1 fully saturated rings. The van der Waals surface area contributed by atoms with Gasteiger partial charge in [0.15, 0.2) is 5.96 Å². The second-order valence-electron chi connectivity index (χ2n) is 6.73. The van der Waals surface area contributed by atoms with Gasteiger partial charge in [-0.15, -0.1) is 0 Å². The average molecular weight is 330 g/mol. The van der Waals surface area contributed by atoms with Gasteiger partial charge in [-0.25, -0.2) is 0 Å². The maximum absolute atomic E-state index is 11.0. The Morgan fingerprint density at radius 2 is 1.83 bits per heavy atom. The Morgan fingerprint density at radius 3 is 2.42 bits per heavy atom. The van der Waals surface area contributed by atoms with Gasteiger partial charge < -0.3 is 16.0 Å². The van der Waals surface area contributed by atoms with Crippen molar-refractivity contribution in [3.05, 3.63) is 29.8 Å². The second-order valence-corrected chi connectivity index (χ2v) is 6.73. The van der Waals surface area contributed by atoms with Crippen molar-refractivity contribution >= 4 is 17.6 Å². The molecule has 0 bridgehead atoms. The van der Waals surface area contributed by atoms with Crippen molar-refractivity contribution < 1.29 is 4.79 Å². The standard InChI is InChI=1S/C19H30N4O/c1-14-4-8-18(9-5-14)23-19(20-3)21-13-12-16-6-10-17(11-7-16)22-15(2)24/h6-7,10-11,14,18H,4-5,8-9,12-13H2,1-3H3,(H,22,24)(H2,20,21,23). The molecule has 132 valence electrons. The number of nitrogens with one attached hydrogen (secondary N) is 3. The minimum absolute atomic E-state index is 0.0450. The molecule has 0 spiro atoms. The molecule has 24 heavy (non-hydrogen) atoms.